The van der Waals surface area contributed by atoms with Gasteiger partial charge in [-0.1, -0.05) is 60.7 Å². The molecule has 0 unspecified atom stereocenters. The first-order valence-corrected chi connectivity index (χ1v) is 19.3. The molecule has 0 fully saturated rings. The lowest BCUT2D eigenvalue weighted by Gasteiger charge is -2.29. The summed E-state index contributed by atoms with van der Waals surface area (Å²) in [6.07, 6.45) is -1.79. The lowest BCUT2D eigenvalue weighted by atomic mass is 10.0. The summed E-state index contributed by atoms with van der Waals surface area (Å²) in [7, 11) is 0. The van der Waals surface area contributed by atoms with Gasteiger partial charge in [0.15, 0.2) is 0 Å². The van der Waals surface area contributed by atoms with Crippen LogP contribution in [-0.4, -0.2) is 82.3 Å². The molecule has 1 heterocycles. The maximum atomic E-state index is 14.1. The molecule has 322 valence electrons. The summed E-state index contributed by atoms with van der Waals surface area (Å²) in [6, 6.07) is 12.7. The Bertz CT molecular complexity index is 2100. The van der Waals surface area contributed by atoms with E-state index in [0.29, 0.717) is 30.5 Å². The summed E-state index contributed by atoms with van der Waals surface area (Å²) in [6.45, 7) is 2.62. The van der Waals surface area contributed by atoms with Crippen molar-refractivity contribution < 1.29 is 41.9 Å². The quantitative estimate of drug-likeness (QED) is 0.0498. The molecule has 7 amide bonds. The molecule has 0 radical (unpaired) electrons. The number of carbonyl (C=O) groups is 6. The molecule has 1 aromatic heterocycles. The zero-order valence-corrected chi connectivity index (χ0v) is 33.2. The van der Waals surface area contributed by atoms with Gasteiger partial charge in [0.25, 0.3) is 5.91 Å². The van der Waals surface area contributed by atoms with E-state index in [1.807, 2.05) is 24.3 Å². The van der Waals surface area contributed by atoms with E-state index in [1.165, 1.54) is 13.8 Å². The number of para-hydroxylation sites is 1. The molecule has 0 bridgehead atoms. The number of unbranched alkanes of at least 4 members (excludes halogenated alkanes) is 1. The molecule has 60 heavy (non-hydrogen) atoms. The van der Waals surface area contributed by atoms with Gasteiger partial charge >= 0.3 is 12.2 Å². The number of aromatic amines is 1. The van der Waals surface area contributed by atoms with E-state index in [-0.39, 0.29) is 24.8 Å². The van der Waals surface area contributed by atoms with E-state index < -0.39 is 84.1 Å². The standard InChI is InChI=1S/C41H51F3N10O6/c1-24(46)36(56)51-34(21-28-22-48-31-13-7-6-12-30(28)31)38(58)49-25(2)37(57)53-54(23-27-15-17-29(18-16-27)41(42,43)44)40(60)52-33(20-26-10-4-3-5-11-26)39(59)50-32(35(47)55)14-8-9-19-45/h3-7,10-13,15-18,22,24-25,32-34,48H,8-9,14,19-21,23,45-46H2,1-2H3,(H2,47,55)(H,49,58)(H,50,59)(H,51,56)(H,52,60)(H,53,57)/t24-,25-,32-,33+,34+/m0/s1. The Balaban J connectivity index is 1.58. The highest BCUT2D eigenvalue weighted by atomic mass is 19.4. The van der Waals surface area contributed by atoms with E-state index in [1.54, 1.807) is 36.5 Å². The molecule has 4 aromatic rings. The lowest BCUT2D eigenvalue weighted by Crippen LogP contribution is -2.60. The molecule has 0 aliphatic heterocycles. The van der Waals surface area contributed by atoms with Crippen LogP contribution in [-0.2, 0) is 49.5 Å². The highest BCUT2D eigenvalue weighted by Gasteiger charge is 2.32. The molecule has 16 nitrogen and oxygen atoms in total. The number of urea groups is 1. The minimum atomic E-state index is -4.64. The molecule has 19 heteroatoms. The van der Waals surface area contributed by atoms with Gasteiger partial charge in [-0.3, -0.25) is 29.4 Å². The number of nitrogens with one attached hydrogen (secondary N) is 6. The smallest absolute Gasteiger partial charge is 0.368 e. The Morgan fingerprint density at radius 2 is 1.33 bits per heavy atom. The van der Waals surface area contributed by atoms with Crippen LogP contribution in [0, 0.1) is 0 Å². The van der Waals surface area contributed by atoms with E-state index >= 15 is 0 Å². The van der Waals surface area contributed by atoms with Crippen LogP contribution in [0.3, 0.4) is 0 Å². The zero-order chi connectivity index (χ0) is 44.0. The van der Waals surface area contributed by atoms with Crippen LogP contribution in [0.2, 0.25) is 0 Å². The number of hydrazine groups is 1. The maximum Gasteiger partial charge on any atom is 0.416 e. The highest BCUT2D eigenvalue weighted by molar-refractivity contribution is 5.95. The number of amides is 7. The van der Waals surface area contributed by atoms with Crippen LogP contribution in [0.15, 0.2) is 85.1 Å². The number of nitrogens with two attached hydrogens (primary N) is 3. The second-order valence-electron chi connectivity index (χ2n) is 14.3. The number of fused-ring (bicyclic) bond motifs is 1. The van der Waals surface area contributed by atoms with Gasteiger partial charge in [-0.25, -0.2) is 9.80 Å². The fraction of sp³-hybridized carbons (Fsp3) is 0.366. The number of rotatable bonds is 19. The Labute approximate surface area is 344 Å². The Hall–Kier alpha value is -6.47. The number of carbonyl (C=O) groups excluding carboxylic acids is 6. The van der Waals surface area contributed by atoms with E-state index in [9.17, 15) is 41.9 Å². The normalized spacial score (nSPS) is 13.8. The number of hydrogen-bond donors (Lipinski definition) is 9. The Morgan fingerprint density at radius 3 is 1.97 bits per heavy atom. The first-order chi connectivity index (χ1) is 28.5. The van der Waals surface area contributed by atoms with Crippen molar-refractivity contribution in [3.63, 3.8) is 0 Å². The minimum Gasteiger partial charge on any atom is -0.368 e. The van der Waals surface area contributed by atoms with Gasteiger partial charge in [0.05, 0.1) is 18.2 Å². The van der Waals surface area contributed by atoms with Crippen molar-refractivity contribution in [2.45, 2.75) is 88.9 Å². The predicted octanol–water partition coefficient (Wildman–Crippen LogP) is 2.02. The Morgan fingerprint density at radius 1 is 0.717 bits per heavy atom. The van der Waals surface area contributed by atoms with Crippen molar-refractivity contribution in [1.82, 2.24) is 36.7 Å². The van der Waals surface area contributed by atoms with Crippen molar-refractivity contribution in [3.05, 3.63) is 107 Å². The van der Waals surface area contributed by atoms with Crippen LogP contribution in [0.25, 0.3) is 10.9 Å². The summed E-state index contributed by atoms with van der Waals surface area (Å²) in [5, 5.41) is 11.8. The van der Waals surface area contributed by atoms with Gasteiger partial charge in [0.1, 0.15) is 24.2 Å². The third-order valence-electron chi connectivity index (χ3n) is 9.51. The van der Waals surface area contributed by atoms with E-state index in [4.69, 9.17) is 17.2 Å². The van der Waals surface area contributed by atoms with Crippen LogP contribution in [0.5, 0.6) is 0 Å². The third kappa shape index (κ3) is 13.6. The number of primary amides is 1. The van der Waals surface area contributed by atoms with E-state index in [0.717, 1.165) is 40.2 Å². The third-order valence-corrected chi connectivity index (χ3v) is 9.51. The molecule has 0 saturated carbocycles. The molecule has 12 N–H and O–H groups in total. The first kappa shape index (κ1) is 46.2. The van der Waals surface area contributed by atoms with Crippen molar-refractivity contribution in [3.8, 4) is 0 Å². The minimum absolute atomic E-state index is 0.0135. The topological polar surface area (TPSA) is 260 Å². The van der Waals surface area contributed by atoms with Crippen molar-refractivity contribution in [2.24, 2.45) is 17.2 Å². The summed E-state index contributed by atoms with van der Waals surface area (Å²) < 4.78 is 40.1. The molecule has 4 rings (SSSR count). The van der Waals surface area contributed by atoms with E-state index in [2.05, 4.69) is 31.7 Å². The summed E-state index contributed by atoms with van der Waals surface area (Å²) in [5.41, 5.74) is 20.6. The Kier molecular flexibility index (Phi) is 16.6. The van der Waals surface area contributed by atoms with Gasteiger partial charge in [-0.15, -0.1) is 0 Å². The number of nitrogens with zero attached hydrogens (tertiary/aromatic N) is 1. The number of hydrogen-bond acceptors (Lipinski definition) is 8. The highest BCUT2D eigenvalue weighted by Crippen LogP contribution is 2.29. The van der Waals surface area contributed by atoms with Gasteiger partial charge in [0, 0.05) is 29.9 Å². The fourth-order valence-corrected chi connectivity index (χ4v) is 6.12. The number of benzene rings is 3. The van der Waals surface area contributed by atoms with Crippen molar-refractivity contribution in [2.75, 3.05) is 6.54 Å². The average Bonchev–Trinajstić information content (AvgIpc) is 3.62. The monoisotopic (exact) mass is 836 g/mol. The molecule has 0 saturated heterocycles. The number of H-pyrrole nitrogens is 1. The molecule has 3 aromatic carbocycles. The van der Waals surface area contributed by atoms with Gasteiger partial charge in [0.2, 0.25) is 23.6 Å². The SMILES string of the molecule is C[C@H](N)C(=O)N[C@H](Cc1c[nH]c2ccccc12)C(=O)N[C@@H](C)C(=O)NN(Cc1ccc(C(F)(F)F)cc1)C(=O)N[C@H](Cc1ccccc1)C(=O)N[C@@H](CCCCN)C(N)=O. The predicted molar refractivity (Wildman–Crippen MR) is 217 cm³/mol. The van der Waals surface area contributed by atoms with Gasteiger partial charge in [-0.2, -0.15) is 13.2 Å². The molecule has 5 atom stereocenters. The molecular formula is C41H51F3N10O6. The number of aromatic nitrogens is 1. The van der Waals surface area contributed by atoms with Gasteiger partial charge < -0.3 is 43.5 Å². The summed E-state index contributed by atoms with van der Waals surface area (Å²) >= 11 is 0. The number of alkyl halides is 3. The van der Waals surface area contributed by atoms with Crippen LogP contribution < -0.4 is 43.9 Å². The van der Waals surface area contributed by atoms with Crippen LogP contribution in [0.4, 0.5) is 18.0 Å². The largest absolute Gasteiger partial charge is 0.416 e. The first-order valence-electron chi connectivity index (χ1n) is 19.3. The van der Waals surface area contributed by atoms with Crippen molar-refractivity contribution in [1.29, 1.82) is 0 Å². The molecule has 0 spiro atoms. The van der Waals surface area contributed by atoms with Crippen molar-refractivity contribution >= 4 is 46.5 Å². The second kappa shape index (κ2) is 21.5. The molecule has 0 aliphatic rings. The lowest BCUT2D eigenvalue weighted by molar-refractivity contribution is -0.137. The van der Waals surface area contributed by atoms with Crippen LogP contribution in [0.1, 0.15) is 55.4 Å². The average molecular weight is 837 g/mol. The molecular weight excluding hydrogens is 786 g/mol. The van der Waals surface area contributed by atoms with Gasteiger partial charge in [-0.05, 0) is 74.5 Å². The number of halogens is 3. The fourth-order valence-electron chi connectivity index (χ4n) is 6.12. The second-order valence-corrected chi connectivity index (χ2v) is 14.3. The van der Waals surface area contributed by atoms with Crippen LogP contribution >= 0.6 is 0 Å². The maximum absolute atomic E-state index is 14.1. The molecule has 0 aliphatic carbocycles. The summed E-state index contributed by atoms with van der Waals surface area (Å²) in [5.74, 6) is -3.91. The zero-order valence-electron chi connectivity index (χ0n) is 33.2. The summed E-state index contributed by atoms with van der Waals surface area (Å²) in [4.78, 5) is 83.2.